The molecule has 4 aliphatic heterocycles. The third kappa shape index (κ3) is 4.70. The largest absolute Gasteiger partial charge is 0.322 e. The number of fused-ring (bicyclic) bond motifs is 2. The number of nitrogens with one attached hydrogen (secondary N) is 1. The highest BCUT2D eigenvalue weighted by atomic mass is 16.2. The Morgan fingerprint density at radius 1 is 0.829 bits per heavy atom. The second-order valence-electron chi connectivity index (χ2n) is 11.4. The van der Waals surface area contributed by atoms with Gasteiger partial charge in [-0.1, -0.05) is 36.4 Å². The molecule has 0 aliphatic carbocycles. The third-order valence-corrected chi connectivity index (χ3v) is 8.87. The molecule has 0 radical (unpaired) electrons. The first kappa shape index (κ1) is 25.6. The Kier molecular flexibility index (Phi) is 6.38. The lowest BCUT2D eigenvalue weighted by Crippen LogP contribution is -2.52. The number of para-hydroxylation sites is 1. The lowest BCUT2D eigenvalue weighted by molar-refractivity contribution is -0.136. The van der Waals surface area contributed by atoms with E-state index in [9.17, 15) is 19.2 Å². The Hall–Kier alpha value is -4.37. The summed E-state index contributed by atoms with van der Waals surface area (Å²) >= 11 is 0. The van der Waals surface area contributed by atoms with Crippen molar-refractivity contribution in [1.82, 2.24) is 20.1 Å². The van der Waals surface area contributed by atoms with E-state index in [0.29, 0.717) is 43.2 Å². The molecule has 2 aromatic carbocycles. The zero-order valence-electron chi connectivity index (χ0n) is 22.7. The normalized spacial score (nSPS) is 21.3. The van der Waals surface area contributed by atoms with Crippen LogP contribution in [0, 0.1) is 0 Å². The molecule has 4 aliphatic rings. The highest BCUT2D eigenvalue weighted by Gasteiger charge is 2.39. The monoisotopic (exact) mass is 549 g/mol. The minimum absolute atomic E-state index is 0.0435. The van der Waals surface area contributed by atoms with E-state index < -0.39 is 6.04 Å². The average molecular weight is 550 g/mol. The summed E-state index contributed by atoms with van der Waals surface area (Å²) in [6.07, 6.45) is 2.61. The topological polar surface area (TPSA) is 103 Å². The number of aromatic nitrogens is 1. The molecule has 0 bridgehead atoms. The number of rotatable bonds is 5. The maximum atomic E-state index is 13.1. The maximum absolute atomic E-state index is 13.1. The molecule has 0 spiro atoms. The zero-order valence-corrected chi connectivity index (χ0v) is 22.7. The fraction of sp³-hybridized carbons (Fsp3) is 0.344. The molecule has 3 aromatic rings. The quantitative estimate of drug-likeness (QED) is 0.490. The zero-order chi connectivity index (χ0) is 28.1. The number of hydrogen-bond donors (Lipinski definition) is 1. The van der Waals surface area contributed by atoms with Gasteiger partial charge in [-0.15, -0.1) is 0 Å². The summed E-state index contributed by atoms with van der Waals surface area (Å²) in [6, 6.07) is 19.3. The molecule has 5 heterocycles. The molecule has 0 saturated carbocycles. The van der Waals surface area contributed by atoms with Crippen molar-refractivity contribution in [2.45, 2.75) is 57.3 Å². The highest BCUT2D eigenvalue weighted by molar-refractivity contribution is 6.08. The second kappa shape index (κ2) is 10.2. The van der Waals surface area contributed by atoms with Crippen molar-refractivity contribution in [3.05, 3.63) is 94.3 Å². The van der Waals surface area contributed by atoms with Crippen molar-refractivity contribution in [3.8, 4) is 0 Å². The lowest BCUT2D eigenvalue weighted by atomic mass is 9.88. The number of likely N-dealkylation sites (tertiary alicyclic amines) is 1. The van der Waals surface area contributed by atoms with Gasteiger partial charge in [0.05, 0.1) is 12.2 Å². The van der Waals surface area contributed by atoms with E-state index in [1.807, 2.05) is 48.5 Å². The Morgan fingerprint density at radius 2 is 1.63 bits per heavy atom. The van der Waals surface area contributed by atoms with E-state index in [1.54, 1.807) is 9.80 Å². The van der Waals surface area contributed by atoms with Crippen molar-refractivity contribution in [1.29, 1.82) is 0 Å². The van der Waals surface area contributed by atoms with Gasteiger partial charge in [-0.2, -0.15) is 0 Å². The summed E-state index contributed by atoms with van der Waals surface area (Å²) in [6.45, 7) is 3.50. The highest BCUT2D eigenvalue weighted by Crippen LogP contribution is 2.34. The minimum Gasteiger partial charge on any atom is -0.322 e. The molecule has 9 nitrogen and oxygen atoms in total. The molecular weight excluding hydrogens is 518 g/mol. The van der Waals surface area contributed by atoms with Crippen molar-refractivity contribution in [2.75, 3.05) is 18.0 Å². The Morgan fingerprint density at radius 3 is 2.41 bits per heavy atom. The fourth-order valence-electron chi connectivity index (χ4n) is 6.62. The van der Waals surface area contributed by atoms with E-state index >= 15 is 0 Å². The van der Waals surface area contributed by atoms with E-state index in [0.717, 1.165) is 48.4 Å². The van der Waals surface area contributed by atoms with Gasteiger partial charge in [0.2, 0.25) is 11.8 Å². The molecule has 208 valence electrons. The summed E-state index contributed by atoms with van der Waals surface area (Å²) in [7, 11) is 0. The summed E-state index contributed by atoms with van der Waals surface area (Å²) in [5.74, 6) is -0.448. The van der Waals surface area contributed by atoms with Crippen LogP contribution in [-0.4, -0.2) is 57.5 Å². The number of nitrogens with zero attached hydrogens (tertiary/aromatic N) is 4. The third-order valence-electron chi connectivity index (χ3n) is 8.87. The molecule has 2 fully saturated rings. The maximum Gasteiger partial charge on any atom is 0.277 e. The number of imide groups is 1. The molecule has 1 unspecified atom stereocenters. The summed E-state index contributed by atoms with van der Waals surface area (Å²) in [4.78, 5) is 60.5. The van der Waals surface area contributed by atoms with Crippen LogP contribution in [0.25, 0.3) is 0 Å². The van der Waals surface area contributed by atoms with Crippen LogP contribution < -0.4 is 10.2 Å². The molecule has 41 heavy (non-hydrogen) atoms. The Labute approximate surface area is 238 Å². The number of piperidine rings is 2. The van der Waals surface area contributed by atoms with Crippen molar-refractivity contribution in [3.63, 3.8) is 0 Å². The van der Waals surface area contributed by atoms with Crippen LogP contribution in [0.4, 0.5) is 5.69 Å². The van der Waals surface area contributed by atoms with Crippen LogP contribution in [0.5, 0.6) is 0 Å². The minimum atomic E-state index is -0.594. The van der Waals surface area contributed by atoms with Crippen LogP contribution in [0.15, 0.2) is 60.7 Å². The van der Waals surface area contributed by atoms with Crippen molar-refractivity contribution >= 4 is 29.3 Å². The van der Waals surface area contributed by atoms with Gasteiger partial charge in [-0.25, -0.2) is 4.98 Å². The lowest BCUT2D eigenvalue weighted by Gasteiger charge is -2.32. The number of hydrogen-bond acceptors (Lipinski definition) is 6. The number of anilines is 1. The molecular formula is C32H31N5O4. The standard InChI is InChI=1S/C32H31N5O4/c38-28-11-10-27(30(39)34-28)37-18-23-16-21(7-9-26(23)31(37)40)20-12-14-35(15-13-20)19-24-8-6-22-17-36(32(41)29(22)33-24)25-4-2-1-3-5-25/h1-9,16,20,27H,10-15,17-19H2,(H,34,38,39). The number of benzene rings is 2. The van der Waals surface area contributed by atoms with Crippen LogP contribution in [0.1, 0.15) is 74.8 Å². The number of carbonyl (C=O) groups excluding carboxylic acids is 4. The summed E-state index contributed by atoms with van der Waals surface area (Å²) in [5.41, 5.74) is 6.15. The van der Waals surface area contributed by atoms with Gasteiger partial charge in [0.1, 0.15) is 11.7 Å². The van der Waals surface area contributed by atoms with Crippen LogP contribution in [-0.2, 0) is 29.2 Å². The first-order valence-corrected chi connectivity index (χ1v) is 14.3. The van der Waals surface area contributed by atoms with Crippen LogP contribution >= 0.6 is 0 Å². The van der Waals surface area contributed by atoms with Gasteiger partial charge < -0.3 is 9.80 Å². The van der Waals surface area contributed by atoms with E-state index in [4.69, 9.17) is 4.98 Å². The van der Waals surface area contributed by atoms with E-state index in [-0.39, 0.29) is 30.0 Å². The Bertz CT molecular complexity index is 1560. The Balaban J connectivity index is 0.974. The summed E-state index contributed by atoms with van der Waals surface area (Å²) < 4.78 is 0. The van der Waals surface area contributed by atoms with Gasteiger partial charge in [-0.3, -0.25) is 29.4 Å². The predicted molar refractivity (Wildman–Crippen MR) is 151 cm³/mol. The average Bonchev–Trinajstić information content (AvgIpc) is 3.49. The van der Waals surface area contributed by atoms with Crippen molar-refractivity contribution < 1.29 is 19.2 Å². The fourth-order valence-corrected chi connectivity index (χ4v) is 6.62. The van der Waals surface area contributed by atoms with Crippen molar-refractivity contribution in [2.24, 2.45) is 0 Å². The van der Waals surface area contributed by atoms with Crippen LogP contribution in [0.2, 0.25) is 0 Å². The first-order valence-electron chi connectivity index (χ1n) is 14.3. The molecule has 7 rings (SSSR count). The summed E-state index contributed by atoms with van der Waals surface area (Å²) in [5, 5.41) is 2.36. The number of amides is 4. The van der Waals surface area contributed by atoms with Gasteiger partial charge in [0, 0.05) is 36.3 Å². The SMILES string of the molecule is O=C1CCC(N2Cc3cc(C4CCN(Cc5ccc6c(n5)C(=O)N(c5ccccc5)C6)CC4)ccc3C2=O)C(=O)N1. The predicted octanol–water partition coefficient (Wildman–Crippen LogP) is 3.38. The molecule has 9 heteroatoms. The van der Waals surface area contributed by atoms with Gasteiger partial charge in [0.15, 0.2) is 0 Å². The molecule has 4 amide bonds. The number of pyridine rings is 1. The molecule has 2 saturated heterocycles. The van der Waals surface area contributed by atoms with Gasteiger partial charge >= 0.3 is 0 Å². The van der Waals surface area contributed by atoms with Gasteiger partial charge in [0.25, 0.3) is 11.8 Å². The first-order chi connectivity index (χ1) is 19.9. The van der Waals surface area contributed by atoms with Crippen LogP contribution in [0.3, 0.4) is 0 Å². The molecule has 1 N–H and O–H groups in total. The smallest absolute Gasteiger partial charge is 0.277 e. The van der Waals surface area contributed by atoms with Gasteiger partial charge in [-0.05, 0) is 73.7 Å². The molecule has 1 aromatic heterocycles. The molecule has 1 atom stereocenters. The van der Waals surface area contributed by atoms with E-state index in [1.165, 1.54) is 5.56 Å². The second-order valence-corrected chi connectivity index (χ2v) is 11.4. The number of carbonyl (C=O) groups is 4. The van der Waals surface area contributed by atoms with E-state index in [2.05, 4.69) is 22.3 Å².